The molecule has 0 aliphatic rings. The predicted octanol–water partition coefficient (Wildman–Crippen LogP) is 2.68. The van der Waals surface area contributed by atoms with Crippen LogP contribution in [0.4, 0.5) is 0 Å². The summed E-state index contributed by atoms with van der Waals surface area (Å²) in [5.41, 5.74) is 4.07. The molecule has 0 atom stereocenters. The van der Waals surface area contributed by atoms with Crippen molar-refractivity contribution < 1.29 is 14.0 Å². The molecule has 0 spiro atoms. The topological polar surface area (TPSA) is 83.7 Å². The molecule has 0 aliphatic carbocycles. The fourth-order valence-corrected chi connectivity index (χ4v) is 2.63. The maximum Gasteiger partial charge on any atom is 0.259 e. The molecular formula is C21H19N3O3. The van der Waals surface area contributed by atoms with Crippen molar-refractivity contribution in [1.82, 2.24) is 10.7 Å². The Labute approximate surface area is 156 Å². The normalized spacial score (nSPS) is 10.9. The first-order valence-electron chi connectivity index (χ1n) is 8.47. The Morgan fingerprint density at radius 2 is 1.56 bits per heavy atom. The lowest BCUT2D eigenvalue weighted by molar-refractivity contribution is -0.126. The van der Waals surface area contributed by atoms with Gasteiger partial charge in [0, 0.05) is 0 Å². The van der Waals surface area contributed by atoms with E-state index in [4.69, 9.17) is 4.42 Å². The van der Waals surface area contributed by atoms with Gasteiger partial charge in [0.05, 0.1) is 24.9 Å². The number of carbonyl (C=O) groups excluding carboxylic acids is 2. The Hall–Kier alpha value is -3.67. The van der Waals surface area contributed by atoms with Crippen molar-refractivity contribution in [1.29, 1.82) is 0 Å². The van der Waals surface area contributed by atoms with E-state index < -0.39 is 11.8 Å². The SMILES string of the molecule is O=C(CNC(=O)C(c1ccccc1)c1ccccc1)N/N=C\c1ccco1. The van der Waals surface area contributed by atoms with Crippen molar-refractivity contribution >= 4 is 18.0 Å². The highest BCUT2D eigenvalue weighted by molar-refractivity contribution is 5.91. The zero-order valence-electron chi connectivity index (χ0n) is 14.5. The van der Waals surface area contributed by atoms with Crippen molar-refractivity contribution in [3.63, 3.8) is 0 Å². The van der Waals surface area contributed by atoms with Crippen LogP contribution in [0.2, 0.25) is 0 Å². The molecule has 0 aliphatic heterocycles. The second kappa shape index (κ2) is 9.15. The van der Waals surface area contributed by atoms with E-state index in [0.717, 1.165) is 11.1 Å². The molecule has 0 fully saturated rings. The minimum Gasteiger partial charge on any atom is -0.463 e. The minimum atomic E-state index is -0.494. The Morgan fingerprint density at radius 1 is 0.926 bits per heavy atom. The number of rotatable bonds is 7. The molecule has 0 saturated carbocycles. The monoisotopic (exact) mass is 361 g/mol. The van der Waals surface area contributed by atoms with Gasteiger partial charge in [0.15, 0.2) is 0 Å². The van der Waals surface area contributed by atoms with E-state index in [0.29, 0.717) is 5.76 Å². The summed E-state index contributed by atoms with van der Waals surface area (Å²) < 4.78 is 5.07. The van der Waals surface area contributed by atoms with E-state index in [9.17, 15) is 9.59 Å². The summed E-state index contributed by atoms with van der Waals surface area (Å²) in [4.78, 5) is 24.7. The van der Waals surface area contributed by atoms with E-state index in [1.807, 2.05) is 60.7 Å². The third kappa shape index (κ3) is 5.15. The molecule has 0 radical (unpaired) electrons. The lowest BCUT2D eigenvalue weighted by Crippen LogP contribution is -2.37. The maximum absolute atomic E-state index is 12.8. The smallest absolute Gasteiger partial charge is 0.259 e. The van der Waals surface area contributed by atoms with Gasteiger partial charge in [0.2, 0.25) is 5.91 Å². The quantitative estimate of drug-likeness (QED) is 0.501. The molecular weight excluding hydrogens is 342 g/mol. The van der Waals surface area contributed by atoms with Gasteiger partial charge >= 0.3 is 0 Å². The highest BCUT2D eigenvalue weighted by Crippen LogP contribution is 2.24. The summed E-state index contributed by atoms with van der Waals surface area (Å²) in [7, 11) is 0. The fourth-order valence-electron chi connectivity index (χ4n) is 2.63. The van der Waals surface area contributed by atoms with Gasteiger partial charge in [-0.15, -0.1) is 0 Å². The maximum atomic E-state index is 12.8. The summed E-state index contributed by atoms with van der Waals surface area (Å²) in [5.74, 6) is -0.650. The predicted molar refractivity (Wildman–Crippen MR) is 102 cm³/mol. The number of carbonyl (C=O) groups is 2. The summed E-state index contributed by atoms with van der Waals surface area (Å²) in [6.07, 6.45) is 2.90. The second-order valence-electron chi connectivity index (χ2n) is 5.78. The third-order valence-corrected chi connectivity index (χ3v) is 3.88. The van der Waals surface area contributed by atoms with Crippen LogP contribution in [0.1, 0.15) is 22.8 Å². The number of amides is 2. The van der Waals surface area contributed by atoms with Crippen LogP contribution < -0.4 is 10.7 Å². The molecule has 2 aromatic carbocycles. The molecule has 27 heavy (non-hydrogen) atoms. The average molecular weight is 361 g/mol. The van der Waals surface area contributed by atoms with E-state index >= 15 is 0 Å². The number of hydrogen-bond acceptors (Lipinski definition) is 4. The van der Waals surface area contributed by atoms with E-state index in [1.165, 1.54) is 12.5 Å². The lowest BCUT2D eigenvalue weighted by atomic mass is 9.90. The molecule has 6 nitrogen and oxygen atoms in total. The van der Waals surface area contributed by atoms with Crippen molar-refractivity contribution in [2.24, 2.45) is 5.10 Å². The molecule has 3 rings (SSSR count). The molecule has 6 heteroatoms. The highest BCUT2D eigenvalue weighted by Gasteiger charge is 2.22. The molecule has 1 heterocycles. The van der Waals surface area contributed by atoms with Crippen LogP contribution in [0.3, 0.4) is 0 Å². The van der Waals surface area contributed by atoms with Gasteiger partial charge in [0.1, 0.15) is 5.76 Å². The summed E-state index contributed by atoms with van der Waals surface area (Å²) >= 11 is 0. The first-order valence-corrected chi connectivity index (χ1v) is 8.47. The van der Waals surface area contributed by atoms with Gasteiger partial charge in [0.25, 0.3) is 5.91 Å². The van der Waals surface area contributed by atoms with Gasteiger partial charge in [-0.2, -0.15) is 5.10 Å². The van der Waals surface area contributed by atoms with Crippen molar-refractivity contribution in [3.05, 3.63) is 95.9 Å². The van der Waals surface area contributed by atoms with Crippen LogP contribution >= 0.6 is 0 Å². The Balaban J connectivity index is 1.62. The minimum absolute atomic E-state index is 0.176. The van der Waals surface area contributed by atoms with Gasteiger partial charge in [-0.3, -0.25) is 9.59 Å². The zero-order chi connectivity index (χ0) is 18.9. The van der Waals surface area contributed by atoms with Crippen molar-refractivity contribution in [2.75, 3.05) is 6.54 Å². The summed E-state index contributed by atoms with van der Waals surface area (Å²) in [6, 6.07) is 22.3. The first kappa shape index (κ1) is 18.1. The lowest BCUT2D eigenvalue weighted by Gasteiger charge is -2.17. The molecule has 1 aromatic heterocycles. The number of nitrogens with zero attached hydrogens (tertiary/aromatic N) is 1. The Kier molecular flexibility index (Phi) is 6.14. The van der Waals surface area contributed by atoms with Crippen LogP contribution in [-0.4, -0.2) is 24.6 Å². The third-order valence-electron chi connectivity index (χ3n) is 3.88. The van der Waals surface area contributed by atoms with Crippen LogP contribution in [0.15, 0.2) is 88.6 Å². The summed E-state index contributed by atoms with van der Waals surface area (Å²) in [6.45, 7) is -0.176. The van der Waals surface area contributed by atoms with Crippen LogP contribution in [-0.2, 0) is 9.59 Å². The molecule has 0 bridgehead atoms. The van der Waals surface area contributed by atoms with Crippen molar-refractivity contribution in [2.45, 2.75) is 5.92 Å². The fraction of sp³-hybridized carbons (Fsp3) is 0.0952. The number of hydrazone groups is 1. The number of benzene rings is 2. The van der Waals surface area contributed by atoms with Gasteiger partial charge in [-0.25, -0.2) is 5.43 Å². The van der Waals surface area contributed by atoms with E-state index in [2.05, 4.69) is 15.8 Å². The average Bonchev–Trinajstić information content (AvgIpc) is 3.22. The standard InChI is InChI=1S/C21H19N3O3/c25-19(24-23-14-18-12-7-13-27-18)15-22-21(26)20(16-8-3-1-4-9-16)17-10-5-2-6-11-17/h1-14,20H,15H2,(H,22,26)(H,24,25)/b23-14-. The molecule has 2 N–H and O–H groups in total. The van der Waals surface area contributed by atoms with Crippen LogP contribution in [0.5, 0.6) is 0 Å². The molecule has 2 amide bonds. The number of furan rings is 1. The molecule has 3 aromatic rings. The zero-order valence-corrected chi connectivity index (χ0v) is 14.5. The van der Waals surface area contributed by atoms with Gasteiger partial charge < -0.3 is 9.73 Å². The van der Waals surface area contributed by atoms with Crippen LogP contribution in [0, 0.1) is 0 Å². The van der Waals surface area contributed by atoms with Gasteiger partial charge in [-0.05, 0) is 23.3 Å². The molecule has 136 valence electrons. The first-order chi connectivity index (χ1) is 13.2. The van der Waals surface area contributed by atoms with Crippen LogP contribution in [0.25, 0.3) is 0 Å². The number of nitrogens with one attached hydrogen (secondary N) is 2. The second-order valence-corrected chi connectivity index (χ2v) is 5.78. The molecule has 0 saturated heterocycles. The summed E-state index contributed by atoms with van der Waals surface area (Å²) in [5, 5.41) is 6.46. The largest absolute Gasteiger partial charge is 0.463 e. The Bertz CT molecular complexity index is 851. The molecule has 0 unspecified atom stereocenters. The van der Waals surface area contributed by atoms with E-state index in [1.54, 1.807) is 12.1 Å². The van der Waals surface area contributed by atoms with Gasteiger partial charge in [-0.1, -0.05) is 60.7 Å². The van der Waals surface area contributed by atoms with Crippen molar-refractivity contribution in [3.8, 4) is 0 Å². The number of hydrogen-bond donors (Lipinski definition) is 2. The Morgan fingerprint density at radius 3 is 2.11 bits per heavy atom. The van der Waals surface area contributed by atoms with E-state index in [-0.39, 0.29) is 12.5 Å². The highest BCUT2D eigenvalue weighted by atomic mass is 16.3.